The van der Waals surface area contributed by atoms with Crippen molar-refractivity contribution in [3.05, 3.63) is 38.8 Å². The monoisotopic (exact) mass is 351 g/mol. The number of aliphatic carboxylic acids is 1. The van der Waals surface area contributed by atoms with Crippen LogP contribution in [0.15, 0.2) is 22.7 Å². The summed E-state index contributed by atoms with van der Waals surface area (Å²) in [5.41, 5.74) is 3.00. The molecule has 1 unspecified atom stereocenters. The number of hydrogen-bond acceptors (Lipinski definition) is 3. The number of carboxylic acid groups (broad SMARTS) is 1. The maximum Gasteiger partial charge on any atom is 0.312 e. The second kappa shape index (κ2) is 5.30. The SMILES string of the molecule is Cc1ccc(-c2nc3c(s2)CCCC3C(=O)O)cc1Br. The van der Waals surface area contributed by atoms with E-state index in [-0.39, 0.29) is 0 Å². The van der Waals surface area contributed by atoms with Gasteiger partial charge >= 0.3 is 5.97 Å². The van der Waals surface area contributed by atoms with Crippen LogP contribution in [0.4, 0.5) is 0 Å². The minimum atomic E-state index is -0.757. The van der Waals surface area contributed by atoms with Gasteiger partial charge in [0.2, 0.25) is 0 Å². The first-order valence-electron chi connectivity index (χ1n) is 6.55. The third kappa shape index (κ3) is 2.40. The lowest BCUT2D eigenvalue weighted by Crippen LogP contribution is -2.17. The van der Waals surface area contributed by atoms with E-state index >= 15 is 0 Å². The number of thiazole rings is 1. The van der Waals surface area contributed by atoms with Crippen molar-refractivity contribution in [3.63, 3.8) is 0 Å². The van der Waals surface area contributed by atoms with Crippen LogP contribution in [0.3, 0.4) is 0 Å². The lowest BCUT2D eigenvalue weighted by atomic mass is 9.91. The Kier molecular flexibility index (Phi) is 3.65. The lowest BCUT2D eigenvalue weighted by Gasteiger charge is -2.16. The first-order chi connectivity index (χ1) is 9.56. The molecule has 3 nitrogen and oxygen atoms in total. The Morgan fingerprint density at radius 2 is 2.30 bits per heavy atom. The van der Waals surface area contributed by atoms with Gasteiger partial charge < -0.3 is 5.11 Å². The molecular weight excluding hydrogens is 338 g/mol. The smallest absolute Gasteiger partial charge is 0.312 e. The van der Waals surface area contributed by atoms with Gasteiger partial charge in [-0.1, -0.05) is 28.1 Å². The zero-order valence-electron chi connectivity index (χ0n) is 11.0. The molecule has 0 aliphatic heterocycles. The third-order valence-corrected chi connectivity index (χ3v) is 5.71. The Bertz CT molecular complexity index is 681. The first kappa shape index (κ1) is 13.8. The first-order valence-corrected chi connectivity index (χ1v) is 8.16. The van der Waals surface area contributed by atoms with Crippen LogP contribution in [0, 0.1) is 6.92 Å². The molecule has 1 heterocycles. The van der Waals surface area contributed by atoms with E-state index < -0.39 is 11.9 Å². The van der Waals surface area contributed by atoms with E-state index in [0.29, 0.717) is 6.42 Å². The van der Waals surface area contributed by atoms with Gasteiger partial charge in [0, 0.05) is 14.9 Å². The van der Waals surface area contributed by atoms with Gasteiger partial charge in [-0.25, -0.2) is 4.98 Å². The Morgan fingerprint density at radius 1 is 1.50 bits per heavy atom. The van der Waals surface area contributed by atoms with Crippen LogP contribution < -0.4 is 0 Å². The van der Waals surface area contributed by atoms with Gasteiger partial charge in [-0.15, -0.1) is 11.3 Å². The number of rotatable bonds is 2. The standard InChI is InChI=1S/C15H14BrNO2S/c1-8-5-6-9(7-11(8)16)14-17-13-10(15(18)19)3-2-4-12(13)20-14/h5-7,10H,2-4H2,1H3,(H,18,19). The Labute approximate surface area is 129 Å². The van der Waals surface area contributed by atoms with Gasteiger partial charge in [-0.3, -0.25) is 4.79 Å². The lowest BCUT2D eigenvalue weighted by molar-refractivity contribution is -0.139. The predicted molar refractivity (Wildman–Crippen MR) is 83.3 cm³/mol. The Hall–Kier alpha value is -1.20. The van der Waals surface area contributed by atoms with Crippen LogP contribution in [0.2, 0.25) is 0 Å². The molecule has 0 spiro atoms. The highest BCUT2D eigenvalue weighted by Gasteiger charge is 2.30. The van der Waals surface area contributed by atoms with Crippen LogP contribution in [0.1, 0.15) is 34.9 Å². The van der Waals surface area contributed by atoms with Crippen molar-refractivity contribution in [2.24, 2.45) is 0 Å². The van der Waals surface area contributed by atoms with Gasteiger partial charge in [0.25, 0.3) is 0 Å². The molecule has 1 atom stereocenters. The van der Waals surface area contributed by atoms with E-state index in [1.54, 1.807) is 11.3 Å². The van der Waals surface area contributed by atoms with E-state index in [0.717, 1.165) is 38.5 Å². The molecule has 1 aromatic carbocycles. The fraction of sp³-hybridized carbons (Fsp3) is 0.333. The van der Waals surface area contributed by atoms with E-state index in [2.05, 4.69) is 33.0 Å². The number of benzene rings is 1. The zero-order valence-corrected chi connectivity index (χ0v) is 13.4. The number of nitrogens with zero attached hydrogens (tertiary/aromatic N) is 1. The molecule has 104 valence electrons. The molecule has 0 amide bonds. The molecule has 20 heavy (non-hydrogen) atoms. The highest BCUT2D eigenvalue weighted by atomic mass is 79.9. The molecule has 5 heteroatoms. The molecule has 0 fully saturated rings. The molecule has 1 aromatic heterocycles. The van der Waals surface area contributed by atoms with Gasteiger partial charge in [0.1, 0.15) is 5.01 Å². The number of hydrogen-bond donors (Lipinski definition) is 1. The Morgan fingerprint density at radius 3 is 3.00 bits per heavy atom. The highest BCUT2D eigenvalue weighted by Crippen LogP contribution is 2.39. The number of halogens is 1. The molecule has 0 saturated carbocycles. The van der Waals surface area contributed by atoms with Gasteiger partial charge in [0.05, 0.1) is 11.6 Å². The highest BCUT2D eigenvalue weighted by molar-refractivity contribution is 9.10. The second-order valence-corrected chi connectivity index (χ2v) is 7.01. The second-order valence-electron chi connectivity index (χ2n) is 5.07. The molecule has 0 saturated heterocycles. The van der Waals surface area contributed by atoms with Crippen LogP contribution in [-0.4, -0.2) is 16.1 Å². The molecule has 2 aromatic rings. The largest absolute Gasteiger partial charge is 0.481 e. The summed E-state index contributed by atoms with van der Waals surface area (Å²) in [6, 6.07) is 6.14. The minimum Gasteiger partial charge on any atom is -0.481 e. The van der Waals surface area contributed by atoms with Gasteiger partial charge in [0.15, 0.2) is 0 Å². The molecule has 0 bridgehead atoms. The van der Waals surface area contributed by atoms with Crippen molar-refractivity contribution >= 4 is 33.2 Å². The predicted octanol–water partition coefficient (Wildman–Crippen LogP) is 4.39. The van der Waals surface area contributed by atoms with Crippen molar-refractivity contribution in [1.29, 1.82) is 0 Å². The fourth-order valence-electron chi connectivity index (χ4n) is 2.51. The number of aryl methyl sites for hydroxylation is 2. The summed E-state index contributed by atoms with van der Waals surface area (Å²) >= 11 is 5.16. The fourth-order valence-corrected chi connectivity index (χ4v) is 4.05. The average molecular weight is 352 g/mol. The summed E-state index contributed by atoms with van der Waals surface area (Å²) in [6.45, 7) is 2.04. The van der Waals surface area contributed by atoms with Crippen molar-refractivity contribution < 1.29 is 9.90 Å². The van der Waals surface area contributed by atoms with E-state index in [1.807, 2.05) is 13.0 Å². The summed E-state index contributed by atoms with van der Waals surface area (Å²) in [4.78, 5) is 17.1. The average Bonchev–Trinajstić information content (AvgIpc) is 2.85. The number of aromatic nitrogens is 1. The number of fused-ring (bicyclic) bond motifs is 1. The summed E-state index contributed by atoms with van der Waals surface area (Å²) in [7, 11) is 0. The topological polar surface area (TPSA) is 50.2 Å². The van der Waals surface area contributed by atoms with Crippen LogP contribution in [0.5, 0.6) is 0 Å². The normalized spacial score (nSPS) is 17.8. The molecule has 1 aliphatic carbocycles. The van der Waals surface area contributed by atoms with Crippen LogP contribution >= 0.6 is 27.3 Å². The summed E-state index contributed by atoms with van der Waals surface area (Å²) in [6.07, 6.45) is 2.58. The van der Waals surface area contributed by atoms with Gasteiger partial charge in [-0.05, 0) is 37.8 Å². The molecule has 1 N–H and O–H groups in total. The summed E-state index contributed by atoms with van der Waals surface area (Å²) < 4.78 is 1.05. The third-order valence-electron chi connectivity index (χ3n) is 3.67. The molecular formula is C15H14BrNO2S. The number of carboxylic acids is 1. The quantitative estimate of drug-likeness (QED) is 0.872. The number of carbonyl (C=O) groups is 1. The maximum atomic E-state index is 11.3. The summed E-state index contributed by atoms with van der Waals surface area (Å²) in [5, 5.41) is 10.2. The zero-order chi connectivity index (χ0) is 14.3. The van der Waals surface area contributed by atoms with Crippen LogP contribution in [-0.2, 0) is 11.2 Å². The van der Waals surface area contributed by atoms with E-state index in [9.17, 15) is 9.90 Å². The molecule has 1 aliphatic rings. The van der Waals surface area contributed by atoms with Crippen molar-refractivity contribution in [1.82, 2.24) is 4.98 Å². The summed E-state index contributed by atoms with van der Waals surface area (Å²) in [5.74, 6) is -1.19. The van der Waals surface area contributed by atoms with E-state index in [4.69, 9.17) is 0 Å². The Balaban J connectivity index is 2.04. The van der Waals surface area contributed by atoms with Crippen LogP contribution in [0.25, 0.3) is 10.6 Å². The van der Waals surface area contributed by atoms with Gasteiger partial charge in [-0.2, -0.15) is 0 Å². The van der Waals surface area contributed by atoms with E-state index in [1.165, 1.54) is 5.56 Å². The molecule has 0 radical (unpaired) electrons. The maximum absolute atomic E-state index is 11.3. The molecule has 3 rings (SSSR count). The van der Waals surface area contributed by atoms with Crippen molar-refractivity contribution in [2.45, 2.75) is 32.1 Å². The minimum absolute atomic E-state index is 0.433. The van der Waals surface area contributed by atoms with Crippen molar-refractivity contribution in [2.75, 3.05) is 0 Å². The van der Waals surface area contributed by atoms with Crippen molar-refractivity contribution in [3.8, 4) is 10.6 Å².